The van der Waals surface area contributed by atoms with Crippen molar-refractivity contribution in [3.8, 4) is 5.75 Å². The summed E-state index contributed by atoms with van der Waals surface area (Å²) in [6.07, 6.45) is 4.28. The van der Waals surface area contributed by atoms with Gasteiger partial charge in [0, 0.05) is 11.5 Å². The predicted molar refractivity (Wildman–Crippen MR) is 92.4 cm³/mol. The van der Waals surface area contributed by atoms with Crippen LogP contribution in [-0.2, 0) is 9.47 Å². The van der Waals surface area contributed by atoms with Crippen molar-refractivity contribution in [1.82, 2.24) is 0 Å². The highest BCUT2D eigenvalue weighted by Crippen LogP contribution is 2.36. The fraction of sp³-hybridized carbons (Fsp3) is 0.600. The van der Waals surface area contributed by atoms with Crippen molar-refractivity contribution in [2.24, 2.45) is 17.8 Å². The number of hydrogen-bond acceptors (Lipinski definition) is 3. The second-order valence-corrected chi connectivity index (χ2v) is 7.33. The minimum absolute atomic E-state index is 0.380. The Balaban J connectivity index is 1.56. The van der Waals surface area contributed by atoms with E-state index >= 15 is 0 Å². The van der Waals surface area contributed by atoms with Crippen LogP contribution in [0.25, 0.3) is 5.57 Å². The molecular formula is C20H25F3O3. The summed E-state index contributed by atoms with van der Waals surface area (Å²) in [6.45, 7) is 4.34. The van der Waals surface area contributed by atoms with Crippen LogP contribution in [0.4, 0.5) is 13.2 Å². The van der Waals surface area contributed by atoms with Crippen LogP contribution >= 0.6 is 0 Å². The lowest BCUT2D eigenvalue weighted by molar-refractivity contribution is -0.180. The summed E-state index contributed by atoms with van der Waals surface area (Å²) >= 11 is 0. The molecular weight excluding hydrogens is 345 g/mol. The van der Waals surface area contributed by atoms with E-state index in [0.29, 0.717) is 36.2 Å². The van der Waals surface area contributed by atoms with E-state index in [1.54, 1.807) is 0 Å². The molecule has 26 heavy (non-hydrogen) atoms. The maximum absolute atomic E-state index is 13.9. The summed E-state index contributed by atoms with van der Waals surface area (Å²) in [6, 6.07) is 3.75. The van der Waals surface area contributed by atoms with Crippen molar-refractivity contribution in [1.29, 1.82) is 0 Å². The summed E-state index contributed by atoms with van der Waals surface area (Å²) < 4.78 is 54.1. The maximum atomic E-state index is 13.9. The zero-order chi connectivity index (χ0) is 18.7. The van der Waals surface area contributed by atoms with E-state index in [4.69, 9.17) is 9.47 Å². The third-order valence-electron chi connectivity index (χ3n) is 5.45. The third kappa shape index (κ3) is 4.60. The highest BCUT2D eigenvalue weighted by molar-refractivity contribution is 5.66. The summed E-state index contributed by atoms with van der Waals surface area (Å²) in [5.41, 5.74) is 0.919. The first-order valence-corrected chi connectivity index (χ1v) is 9.10. The van der Waals surface area contributed by atoms with E-state index < -0.39 is 24.5 Å². The van der Waals surface area contributed by atoms with Gasteiger partial charge >= 0.3 is 6.61 Å². The molecule has 1 saturated heterocycles. The summed E-state index contributed by atoms with van der Waals surface area (Å²) in [7, 11) is 0. The number of ether oxygens (including phenoxy) is 3. The molecule has 1 aliphatic carbocycles. The fourth-order valence-electron chi connectivity index (χ4n) is 3.78. The van der Waals surface area contributed by atoms with Gasteiger partial charge < -0.3 is 14.2 Å². The first-order valence-electron chi connectivity index (χ1n) is 9.10. The molecule has 1 aromatic carbocycles. The van der Waals surface area contributed by atoms with Crippen molar-refractivity contribution in [3.63, 3.8) is 0 Å². The first kappa shape index (κ1) is 19.2. The van der Waals surface area contributed by atoms with Gasteiger partial charge in [-0.3, -0.25) is 0 Å². The normalized spacial score (nSPS) is 29.6. The molecule has 0 amide bonds. The average molecular weight is 370 g/mol. The molecule has 0 N–H and O–H groups in total. The predicted octanol–water partition coefficient (Wildman–Crippen LogP) is 5.26. The Morgan fingerprint density at radius 2 is 1.77 bits per heavy atom. The zero-order valence-electron chi connectivity index (χ0n) is 14.9. The van der Waals surface area contributed by atoms with Crippen LogP contribution in [0, 0.1) is 23.6 Å². The Morgan fingerprint density at radius 3 is 2.35 bits per heavy atom. The minimum Gasteiger partial charge on any atom is -0.432 e. The molecule has 0 atom stereocenters. The standard InChI is InChI=1S/C20H25F3O3/c1-12-3-5-14(6-4-12)16-10-24-19(25-11-16)13(2)15-7-8-18(17(21)9-15)26-20(22)23/h7-9,12,14,16,19-20H,2-6,10-11H2,1H3. The Labute approximate surface area is 152 Å². The van der Waals surface area contributed by atoms with Crippen molar-refractivity contribution in [2.45, 2.75) is 45.5 Å². The fourth-order valence-corrected chi connectivity index (χ4v) is 3.78. The third-order valence-corrected chi connectivity index (χ3v) is 5.45. The number of hydrogen-bond donors (Lipinski definition) is 0. The largest absolute Gasteiger partial charge is 0.432 e. The highest BCUT2D eigenvalue weighted by Gasteiger charge is 2.32. The van der Waals surface area contributed by atoms with Gasteiger partial charge in [-0.1, -0.05) is 32.4 Å². The summed E-state index contributed by atoms with van der Waals surface area (Å²) in [5.74, 6) is 0.451. The molecule has 1 saturated carbocycles. The smallest absolute Gasteiger partial charge is 0.387 e. The molecule has 0 aromatic heterocycles. The van der Waals surface area contributed by atoms with Gasteiger partial charge in [0.1, 0.15) is 0 Å². The van der Waals surface area contributed by atoms with E-state index in [-0.39, 0.29) is 0 Å². The van der Waals surface area contributed by atoms with E-state index in [9.17, 15) is 13.2 Å². The van der Waals surface area contributed by atoms with E-state index in [1.807, 2.05) is 0 Å². The number of benzene rings is 1. The molecule has 1 aromatic rings. The molecule has 3 nitrogen and oxygen atoms in total. The van der Waals surface area contributed by atoms with Gasteiger partial charge in [0.05, 0.1) is 13.2 Å². The van der Waals surface area contributed by atoms with Crippen molar-refractivity contribution in [2.75, 3.05) is 13.2 Å². The van der Waals surface area contributed by atoms with Gasteiger partial charge in [-0.25, -0.2) is 4.39 Å². The van der Waals surface area contributed by atoms with E-state index in [0.717, 1.165) is 18.1 Å². The molecule has 144 valence electrons. The molecule has 0 spiro atoms. The van der Waals surface area contributed by atoms with Crippen molar-refractivity contribution < 1.29 is 27.4 Å². The zero-order valence-corrected chi connectivity index (χ0v) is 14.9. The van der Waals surface area contributed by atoms with Crippen LogP contribution in [0.15, 0.2) is 24.8 Å². The summed E-state index contributed by atoms with van der Waals surface area (Å²) in [4.78, 5) is 0. The van der Waals surface area contributed by atoms with Crippen LogP contribution in [0.1, 0.15) is 38.2 Å². The molecule has 0 unspecified atom stereocenters. The SMILES string of the molecule is C=C(c1ccc(OC(F)F)c(F)c1)C1OCC(C2CCC(C)CC2)CO1. The summed E-state index contributed by atoms with van der Waals surface area (Å²) in [5, 5.41) is 0. The monoisotopic (exact) mass is 370 g/mol. The molecule has 0 radical (unpaired) electrons. The second kappa shape index (κ2) is 8.44. The Hall–Kier alpha value is -1.53. The number of alkyl halides is 2. The van der Waals surface area contributed by atoms with Gasteiger partial charge in [0.15, 0.2) is 17.9 Å². The topological polar surface area (TPSA) is 27.7 Å². The lowest BCUT2D eigenvalue weighted by atomic mass is 9.76. The van der Waals surface area contributed by atoms with Crippen LogP contribution in [0.5, 0.6) is 5.75 Å². The molecule has 3 rings (SSSR count). The van der Waals surface area contributed by atoms with Gasteiger partial charge in [0.2, 0.25) is 0 Å². The van der Waals surface area contributed by atoms with Crippen molar-refractivity contribution in [3.05, 3.63) is 36.2 Å². The van der Waals surface area contributed by atoms with Gasteiger partial charge in [-0.2, -0.15) is 8.78 Å². The van der Waals surface area contributed by atoms with E-state index in [1.165, 1.54) is 31.7 Å². The molecule has 1 aliphatic heterocycles. The molecule has 2 aliphatic rings. The number of rotatable bonds is 5. The van der Waals surface area contributed by atoms with Crippen molar-refractivity contribution >= 4 is 5.57 Å². The average Bonchev–Trinajstić information content (AvgIpc) is 2.63. The molecule has 2 fully saturated rings. The Bertz CT molecular complexity index is 619. The Morgan fingerprint density at radius 1 is 1.12 bits per heavy atom. The molecule has 1 heterocycles. The lowest BCUT2D eigenvalue weighted by Crippen LogP contribution is -2.37. The van der Waals surface area contributed by atoms with Crippen LogP contribution in [0.2, 0.25) is 0 Å². The van der Waals surface area contributed by atoms with Gasteiger partial charge in [-0.05, 0) is 42.4 Å². The highest BCUT2D eigenvalue weighted by atomic mass is 19.3. The minimum atomic E-state index is -3.07. The number of halogens is 3. The van der Waals surface area contributed by atoms with Crippen LogP contribution in [0.3, 0.4) is 0 Å². The Kier molecular flexibility index (Phi) is 6.24. The second-order valence-electron chi connectivity index (χ2n) is 7.33. The maximum Gasteiger partial charge on any atom is 0.387 e. The lowest BCUT2D eigenvalue weighted by Gasteiger charge is -2.37. The van der Waals surface area contributed by atoms with Gasteiger partial charge in [-0.15, -0.1) is 0 Å². The van der Waals surface area contributed by atoms with E-state index in [2.05, 4.69) is 18.2 Å². The molecule has 6 heteroatoms. The quantitative estimate of drug-likeness (QED) is 0.708. The van der Waals surface area contributed by atoms with Crippen LogP contribution < -0.4 is 4.74 Å². The first-order chi connectivity index (χ1) is 12.4. The van der Waals surface area contributed by atoms with Gasteiger partial charge in [0.25, 0.3) is 0 Å². The van der Waals surface area contributed by atoms with Crippen LogP contribution in [-0.4, -0.2) is 26.1 Å². The molecule has 0 bridgehead atoms.